The lowest BCUT2D eigenvalue weighted by atomic mass is 9.66. The van der Waals surface area contributed by atoms with Crippen molar-refractivity contribution in [1.29, 1.82) is 0 Å². The topological polar surface area (TPSA) is 54.2 Å². The summed E-state index contributed by atoms with van der Waals surface area (Å²) in [4.78, 5) is 14.3. The molecule has 73 heavy (non-hydrogen) atoms. The van der Waals surface area contributed by atoms with Gasteiger partial charge in [-0.2, -0.15) is 0 Å². The molecule has 5 aromatic heterocycles. The molecular formula is C66H38N6O. The molecule has 16 rings (SSSR count). The van der Waals surface area contributed by atoms with Crippen LogP contribution in [0.2, 0.25) is 0 Å². The second-order valence-electron chi connectivity index (χ2n) is 19.2. The van der Waals surface area contributed by atoms with Crippen LogP contribution >= 0.6 is 0 Å². The Morgan fingerprint density at radius 1 is 0.370 bits per heavy atom. The molecule has 338 valence electrons. The van der Waals surface area contributed by atoms with E-state index in [2.05, 4.69) is 213 Å². The Bertz CT molecular complexity index is 4700. The zero-order valence-electron chi connectivity index (χ0n) is 39.0. The van der Waals surface area contributed by atoms with Gasteiger partial charge < -0.3 is 18.4 Å². The molecular weight excluding hydrogens is 893 g/mol. The summed E-state index contributed by atoms with van der Waals surface area (Å²) >= 11 is 0. The molecule has 7 heteroatoms. The number of ether oxygens (including phenoxy) is 1. The molecule has 0 N–H and O–H groups in total. The third-order valence-electron chi connectivity index (χ3n) is 15.6. The fourth-order valence-electron chi connectivity index (χ4n) is 12.6. The SMILES string of the molecule is [C-]#[N+]c1ccc2c(c1)c1ccccc1n2-c1ccc2c(c1)C1(c3ccccc3O2)c2cccnc2-c2ncc(-c3ccc4c(c3)c3ccccc3n4-c3cccc(-n4c5ccccc5c5ccccc54)c3)cc21. The summed E-state index contributed by atoms with van der Waals surface area (Å²) in [7, 11) is 0. The average Bonchev–Trinajstić information content (AvgIpc) is 4.19. The van der Waals surface area contributed by atoms with Crippen LogP contribution in [-0.4, -0.2) is 23.7 Å². The number of benzene rings is 9. The van der Waals surface area contributed by atoms with Crippen molar-refractivity contribution in [3.63, 3.8) is 0 Å². The number of nitrogens with zero attached hydrogens (tertiary/aromatic N) is 6. The maximum absolute atomic E-state index is 7.80. The third-order valence-corrected chi connectivity index (χ3v) is 15.6. The second kappa shape index (κ2) is 14.8. The van der Waals surface area contributed by atoms with Gasteiger partial charge in [-0.1, -0.05) is 115 Å². The number of fused-ring (bicyclic) bond motifs is 18. The molecule has 2 aliphatic rings. The molecule has 1 atom stereocenters. The summed E-state index contributed by atoms with van der Waals surface area (Å²) in [6, 6.07) is 77.9. The molecule has 1 aliphatic heterocycles. The summed E-state index contributed by atoms with van der Waals surface area (Å²) in [5.74, 6) is 1.58. The monoisotopic (exact) mass is 930 g/mol. The molecule has 1 aliphatic carbocycles. The van der Waals surface area contributed by atoms with Gasteiger partial charge in [0.25, 0.3) is 0 Å². The van der Waals surface area contributed by atoms with Gasteiger partial charge in [0, 0.05) is 78.6 Å². The van der Waals surface area contributed by atoms with Crippen LogP contribution in [0.25, 0.3) is 110 Å². The maximum atomic E-state index is 7.80. The minimum Gasteiger partial charge on any atom is -0.457 e. The lowest BCUT2D eigenvalue weighted by molar-refractivity contribution is 0.436. The van der Waals surface area contributed by atoms with E-state index in [9.17, 15) is 0 Å². The van der Waals surface area contributed by atoms with Gasteiger partial charge in [-0.15, -0.1) is 0 Å². The van der Waals surface area contributed by atoms with Crippen molar-refractivity contribution in [3.8, 4) is 51.1 Å². The van der Waals surface area contributed by atoms with Crippen LogP contribution in [-0.2, 0) is 5.41 Å². The van der Waals surface area contributed by atoms with Gasteiger partial charge in [-0.3, -0.25) is 9.97 Å². The Kier molecular flexibility index (Phi) is 8.04. The van der Waals surface area contributed by atoms with Crippen molar-refractivity contribution >= 4 is 71.1 Å². The summed E-state index contributed by atoms with van der Waals surface area (Å²) in [6.45, 7) is 7.80. The molecule has 0 saturated carbocycles. The molecule has 7 nitrogen and oxygen atoms in total. The van der Waals surface area contributed by atoms with Crippen molar-refractivity contribution in [2.24, 2.45) is 0 Å². The highest BCUT2D eigenvalue weighted by Crippen LogP contribution is 2.62. The fourth-order valence-corrected chi connectivity index (χ4v) is 12.6. The van der Waals surface area contributed by atoms with Crippen LogP contribution in [0, 0.1) is 6.57 Å². The predicted octanol–water partition coefficient (Wildman–Crippen LogP) is 16.5. The molecule has 0 radical (unpaired) electrons. The van der Waals surface area contributed by atoms with Crippen LogP contribution in [0.15, 0.2) is 231 Å². The van der Waals surface area contributed by atoms with Gasteiger partial charge in [-0.25, -0.2) is 4.85 Å². The Labute approximate surface area is 418 Å². The Hall–Kier alpha value is -10.0. The number of rotatable bonds is 4. The Balaban J connectivity index is 0.892. The zero-order chi connectivity index (χ0) is 47.9. The highest BCUT2D eigenvalue weighted by Gasteiger charge is 2.52. The first kappa shape index (κ1) is 39.8. The van der Waals surface area contributed by atoms with Crippen LogP contribution in [0.1, 0.15) is 22.3 Å². The van der Waals surface area contributed by atoms with E-state index in [1.54, 1.807) is 0 Å². The number of para-hydroxylation sites is 5. The fraction of sp³-hybridized carbons (Fsp3) is 0.0152. The van der Waals surface area contributed by atoms with Crippen molar-refractivity contribution in [2.75, 3.05) is 0 Å². The molecule has 9 aromatic carbocycles. The highest BCUT2D eigenvalue weighted by molar-refractivity contribution is 6.12. The van der Waals surface area contributed by atoms with E-state index in [4.69, 9.17) is 21.3 Å². The van der Waals surface area contributed by atoms with Crippen molar-refractivity contribution in [2.45, 2.75) is 5.41 Å². The van der Waals surface area contributed by atoms with E-state index < -0.39 is 5.41 Å². The van der Waals surface area contributed by atoms with Gasteiger partial charge in [0.15, 0.2) is 5.69 Å². The standard InChI is InChI=1S/C66H38N6O/c1-67-42-28-31-61-51(36-42)49-19-5-10-25-59(49)72(61)45-29-32-63-54(38-45)66(52-20-6-11-26-62(52)73-63)53-21-13-33-68-64(53)65-55(66)35-41(39-69-65)40-27-30-60-50(34-40)48-18-4-9-24-58(48)71(60)44-15-12-14-43(37-44)70-56-22-7-2-16-46(56)47-17-3-8-23-57(47)70/h2-39H. The van der Waals surface area contributed by atoms with E-state index in [0.29, 0.717) is 5.69 Å². The van der Waals surface area contributed by atoms with E-state index in [1.165, 1.54) is 27.2 Å². The molecule has 0 bridgehead atoms. The largest absolute Gasteiger partial charge is 0.457 e. The van der Waals surface area contributed by atoms with Gasteiger partial charge in [0.1, 0.15) is 11.5 Å². The van der Waals surface area contributed by atoms with Gasteiger partial charge in [-0.05, 0) is 120 Å². The second-order valence-corrected chi connectivity index (χ2v) is 19.2. The minimum atomic E-state index is -0.820. The number of aromatic nitrogens is 5. The summed E-state index contributed by atoms with van der Waals surface area (Å²) in [6.07, 6.45) is 3.89. The third kappa shape index (κ3) is 5.36. The normalized spacial score (nSPS) is 14.5. The number of pyridine rings is 2. The lowest BCUT2D eigenvalue weighted by Crippen LogP contribution is -2.32. The summed E-state index contributed by atoms with van der Waals surface area (Å²) in [5, 5.41) is 6.97. The van der Waals surface area contributed by atoms with E-state index in [0.717, 1.165) is 112 Å². The predicted molar refractivity (Wildman–Crippen MR) is 294 cm³/mol. The number of hydrogen-bond donors (Lipinski definition) is 0. The van der Waals surface area contributed by atoms with Crippen molar-refractivity contribution in [3.05, 3.63) is 264 Å². The average molecular weight is 931 g/mol. The van der Waals surface area contributed by atoms with E-state index in [1.807, 2.05) is 36.7 Å². The first-order valence-corrected chi connectivity index (χ1v) is 24.6. The zero-order valence-corrected chi connectivity index (χ0v) is 39.0. The Morgan fingerprint density at radius 2 is 0.904 bits per heavy atom. The summed E-state index contributed by atoms with van der Waals surface area (Å²) in [5.41, 5.74) is 17.7. The molecule has 0 saturated heterocycles. The Morgan fingerprint density at radius 3 is 1.58 bits per heavy atom. The van der Waals surface area contributed by atoms with Crippen molar-refractivity contribution < 1.29 is 4.74 Å². The van der Waals surface area contributed by atoms with Gasteiger partial charge in [0.05, 0.1) is 56.5 Å². The molecule has 6 heterocycles. The van der Waals surface area contributed by atoms with Gasteiger partial charge in [0.2, 0.25) is 0 Å². The number of hydrogen-bond acceptors (Lipinski definition) is 3. The first-order chi connectivity index (χ1) is 36.2. The summed E-state index contributed by atoms with van der Waals surface area (Å²) < 4.78 is 14.0. The smallest absolute Gasteiger partial charge is 0.188 e. The van der Waals surface area contributed by atoms with Crippen LogP contribution < -0.4 is 4.74 Å². The van der Waals surface area contributed by atoms with Crippen LogP contribution in [0.3, 0.4) is 0 Å². The first-order valence-electron chi connectivity index (χ1n) is 24.6. The van der Waals surface area contributed by atoms with Crippen LogP contribution in [0.5, 0.6) is 11.5 Å². The molecule has 1 unspecified atom stereocenters. The minimum absolute atomic E-state index is 0.617. The van der Waals surface area contributed by atoms with E-state index in [-0.39, 0.29) is 0 Å². The highest BCUT2D eigenvalue weighted by atomic mass is 16.5. The van der Waals surface area contributed by atoms with Crippen molar-refractivity contribution in [1.82, 2.24) is 23.7 Å². The van der Waals surface area contributed by atoms with E-state index >= 15 is 0 Å². The van der Waals surface area contributed by atoms with Gasteiger partial charge >= 0.3 is 0 Å². The molecule has 1 spiro atoms. The molecule has 0 fully saturated rings. The van der Waals surface area contributed by atoms with Crippen LogP contribution in [0.4, 0.5) is 5.69 Å². The quantitative estimate of drug-likeness (QED) is 0.165. The molecule has 0 amide bonds. The molecule has 14 aromatic rings. The maximum Gasteiger partial charge on any atom is 0.188 e. The lowest BCUT2D eigenvalue weighted by Gasteiger charge is -2.39.